The normalized spacial score (nSPS) is 15.8. The van der Waals surface area contributed by atoms with Crippen LogP contribution >= 0.6 is 0 Å². The van der Waals surface area contributed by atoms with Gasteiger partial charge in [-0.2, -0.15) is 0 Å². The van der Waals surface area contributed by atoms with E-state index < -0.39 is 0 Å². The number of fused-ring (bicyclic) bond motifs is 1. The first-order valence-corrected chi connectivity index (χ1v) is 10.9. The van der Waals surface area contributed by atoms with E-state index in [1.807, 2.05) is 43.3 Å². The van der Waals surface area contributed by atoms with Crippen molar-refractivity contribution in [1.82, 2.24) is 30.1 Å². The van der Waals surface area contributed by atoms with Crippen LogP contribution < -0.4 is 5.56 Å². The molecule has 0 aliphatic carbocycles. The number of aromatic amines is 1. The number of nitrogens with one attached hydrogen (secondary N) is 1. The number of hydrogen-bond acceptors (Lipinski definition) is 6. The maximum Gasteiger partial charge on any atom is 0.253 e. The van der Waals surface area contributed by atoms with E-state index in [1.54, 1.807) is 4.68 Å². The summed E-state index contributed by atoms with van der Waals surface area (Å²) in [5, 5.41) is 13.6. The van der Waals surface area contributed by atoms with Gasteiger partial charge < -0.3 is 9.72 Å². The summed E-state index contributed by atoms with van der Waals surface area (Å²) in [6, 6.07) is 15.9. The first-order valence-electron chi connectivity index (χ1n) is 10.9. The third kappa shape index (κ3) is 3.94. The lowest BCUT2D eigenvalue weighted by Gasteiger charge is -2.33. The molecular formula is C24H26N6O2. The molecule has 2 aromatic heterocycles. The Balaban J connectivity index is 1.64. The van der Waals surface area contributed by atoms with Gasteiger partial charge in [-0.1, -0.05) is 42.0 Å². The van der Waals surface area contributed by atoms with Gasteiger partial charge in [0.05, 0.1) is 25.3 Å². The van der Waals surface area contributed by atoms with E-state index in [-0.39, 0.29) is 11.6 Å². The molecule has 0 bridgehead atoms. The van der Waals surface area contributed by atoms with E-state index >= 15 is 0 Å². The van der Waals surface area contributed by atoms with Gasteiger partial charge in [0.1, 0.15) is 6.04 Å². The number of nitrogens with zero attached hydrogens (tertiary/aromatic N) is 5. The summed E-state index contributed by atoms with van der Waals surface area (Å²) in [6.07, 6.45) is 0. The fraction of sp³-hybridized carbons (Fsp3) is 0.333. The van der Waals surface area contributed by atoms with Crippen LogP contribution in [-0.2, 0) is 11.3 Å². The number of ether oxygens (including phenoxy) is 1. The van der Waals surface area contributed by atoms with E-state index in [0.717, 1.165) is 27.6 Å². The third-order valence-electron chi connectivity index (χ3n) is 6.01. The highest BCUT2D eigenvalue weighted by Crippen LogP contribution is 2.28. The Kier molecular flexibility index (Phi) is 5.55. The standard InChI is InChI=1S/C24H26N6O2/c1-16-12-17(2)21-19(13-16)14-20(24(31)25-21)22(29-8-10-32-11-9-29)23-26-27-28-30(23)15-18-6-4-3-5-7-18/h3-7,12-14,22H,8-11,15H2,1-2H3,(H,25,31). The monoisotopic (exact) mass is 430 g/mol. The second-order valence-electron chi connectivity index (χ2n) is 8.33. The molecule has 2 aromatic carbocycles. The summed E-state index contributed by atoms with van der Waals surface area (Å²) in [4.78, 5) is 18.7. The molecule has 1 aliphatic rings. The summed E-state index contributed by atoms with van der Waals surface area (Å²) in [5.41, 5.74) is 4.71. The van der Waals surface area contributed by atoms with Crippen molar-refractivity contribution in [1.29, 1.82) is 0 Å². The average Bonchev–Trinajstić information content (AvgIpc) is 3.24. The fourth-order valence-electron chi connectivity index (χ4n) is 4.52. The van der Waals surface area contributed by atoms with Gasteiger partial charge in [0, 0.05) is 18.7 Å². The molecule has 3 heterocycles. The van der Waals surface area contributed by atoms with Crippen molar-refractivity contribution in [3.05, 3.63) is 87.0 Å². The van der Waals surface area contributed by atoms with Crippen LogP contribution in [0, 0.1) is 13.8 Å². The Morgan fingerprint density at radius 3 is 2.66 bits per heavy atom. The molecule has 1 fully saturated rings. The zero-order valence-electron chi connectivity index (χ0n) is 18.3. The van der Waals surface area contributed by atoms with E-state index in [1.165, 1.54) is 0 Å². The van der Waals surface area contributed by atoms with E-state index in [4.69, 9.17) is 4.74 Å². The van der Waals surface area contributed by atoms with Crippen molar-refractivity contribution < 1.29 is 4.74 Å². The fourth-order valence-corrected chi connectivity index (χ4v) is 4.52. The molecule has 32 heavy (non-hydrogen) atoms. The lowest BCUT2D eigenvalue weighted by atomic mass is 10.0. The molecule has 0 amide bonds. The molecule has 4 aromatic rings. The number of benzene rings is 2. The van der Waals surface area contributed by atoms with Crippen LogP contribution in [0.1, 0.15) is 34.1 Å². The molecule has 1 aliphatic heterocycles. The first-order chi connectivity index (χ1) is 15.6. The van der Waals surface area contributed by atoms with Crippen molar-refractivity contribution in [2.45, 2.75) is 26.4 Å². The Bertz CT molecular complexity index is 1290. The summed E-state index contributed by atoms with van der Waals surface area (Å²) in [5.74, 6) is 0.657. The topological polar surface area (TPSA) is 88.9 Å². The highest BCUT2D eigenvalue weighted by Gasteiger charge is 2.31. The second kappa shape index (κ2) is 8.64. The predicted molar refractivity (Wildman–Crippen MR) is 122 cm³/mol. The zero-order chi connectivity index (χ0) is 22.1. The van der Waals surface area contributed by atoms with Crippen molar-refractivity contribution in [3.63, 3.8) is 0 Å². The molecule has 8 heteroatoms. The Morgan fingerprint density at radius 1 is 1.09 bits per heavy atom. The molecule has 164 valence electrons. The molecule has 5 rings (SSSR count). The molecule has 8 nitrogen and oxygen atoms in total. The van der Waals surface area contributed by atoms with E-state index in [2.05, 4.69) is 44.5 Å². The van der Waals surface area contributed by atoms with Crippen molar-refractivity contribution in [2.75, 3.05) is 26.3 Å². The molecule has 1 saturated heterocycles. The highest BCUT2D eigenvalue weighted by molar-refractivity contribution is 5.83. The smallest absolute Gasteiger partial charge is 0.253 e. The molecule has 0 spiro atoms. The van der Waals surface area contributed by atoms with Gasteiger partial charge in [-0.25, -0.2) is 4.68 Å². The number of rotatable bonds is 5. The van der Waals surface area contributed by atoms with Crippen LogP contribution in [0.4, 0.5) is 0 Å². The molecule has 0 saturated carbocycles. The maximum atomic E-state index is 13.3. The Hall–Kier alpha value is -3.36. The number of H-pyrrole nitrogens is 1. The van der Waals surface area contributed by atoms with Crippen molar-refractivity contribution in [2.24, 2.45) is 0 Å². The quantitative estimate of drug-likeness (QED) is 0.524. The Morgan fingerprint density at radius 2 is 1.88 bits per heavy atom. The number of aromatic nitrogens is 5. The Labute approximate surface area is 185 Å². The van der Waals surface area contributed by atoms with Gasteiger partial charge >= 0.3 is 0 Å². The lowest BCUT2D eigenvalue weighted by Crippen LogP contribution is -2.42. The van der Waals surface area contributed by atoms with E-state index in [9.17, 15) is 4.79 Å². The first kappa shape index (κ1) is 20.5. The second-order valence-corrected chi connectivity index (χ2v) is 8.33. The number of aryl methyl sites for hydroxylation is 2. The van der Waals surface area contributed by atoms with Crippen LogP contribution in [0.5, 0.6) is 0 Å². The number of pyridine rings is 1. The average molecular weight is 431 g/mol. The van der Waals surface area contributed by atoms with Crippen LogP contribution in [-0.4, -0.2) is 56.4 Å². The van der Waals surface area contributed by atoms with E-state index in [0.29, 0.717) is 44.2 Å². The van der Waals surface area contributed by atoms with Crippen LogP contribution in [0.25, 0.3) is 10.9 Å². The van der Waals surface area contributed by atoms with Crippen LogP contribution in [0.2, 0.25) is 0 Å². The minimum atomic E-state index is -0.369. The van der Waals surface area contributed by atoms with Gasteiger partial charge in [0.2, 0.25) is 0 Å². The maximum absolute atomic E-state index is 13.3. The molecule has 1 unspecified atom stereocenters. The molecular weight excluding hydrogens is 404 g/mol. The predicted octanol–water partition coefficient (Wildman–Crippen LogP) is 2.60. The van der Waals surface area contributed by atoms with Crippen LogP contribution in [0.15, 0.2) is 53.3 Å². The minimum absolute atomic E-state index is 0.116. The SMILES string of the molecule is Cc1cc(C)c2[nH]c(=O)c(C(c3nnnn3Cc3ccccc3)N3CCOCC3)cc2c1. The van der Waals surface area contributed by atoms with Gasteiger partial charge in [-0.05, 0) is 52.9 Å². The van der Waals surface area contributed by atoms with Gasteiger partial charge in [-0.3, -0.25) is 9.69 Å². The minimum Gasteiger partial charge on any atom is -0.379 e. The van der Waals surface area contributed by atoms with Gasteiger partial charge in [-0.15, -0.1) is 5.10 Å². The molecule has 1 N–H and O–H groups in total. The largest absolute Gasteiger partial charge is 0.379 e. The van der Waals surface area contributed by atoms with Crippen molar-refractivity contribution >= 4 is 10.9 Å². The highest BCUT2D eigenvalue weighted by atomic mass is 16.5. The number of tetrazole rings is 1. The summed E-state index contributed by atoms with van der Waals surface area (Å²) < 4.78 is 7.37. The summed E-state index contributed by atoms with van der Waals surface area (Å²) in [6.45, 7) is 7.25. The zero-order valence-corrected chi connectivity index (χ0v) is 18.3. The van der Waals surface area contributed by atoms with Crippen LogP contribution in [0.3, 0.4) is 0 Å². The number of hydrogen-bond donors (Lipinski definition) is 1. The van der Waals surface area contributed by atoms with Gasteiger partial charge in [0.15, 0.2) is 5.82 Å². The summed E-state index contributed by atoms with van der Waals surface area (Å²) in [7, 11) is 0. The molecule has 0 radical (unpaired) electrons. The summed E-state index contributed by atoms with van der Waals surface area (Å²) >= 11 is 0. The molecule has 1 atom stereocenters. The third-order valence-corrected chi connectivity index (χ3v) is 6.01. The number of morpholine rings is 1. The van der Waals surface area contributed by atoms with Gasteiger partial charge in [0.25, 0.3) is 5.56 Å². The lowest BCUT2D eigenvalue weighted by molar-refractivity contribution is 0.0214. The van der Waals surface area contributed by atoms with Crippen molar-refractivity contribution in [3.8, 4) is 0 Å².